The molecule has 2 aromatic rings. The highest BCUT2D eigenvalue weighted by molar-refractivity contribution is 6.32. The summed E-state index contributed by atoms with van der Waals surface area (Å²) in [4.78, 5) is 0. The van der Waals surface area contributed by atoms with Gasteiger partial charge >= 0.3 is 0 Å². The summed E-state index contributed by atoms with van der Waals surface area (Å²) in [6.45, 7) is 2.50. The zero-order valence-electron chi connectivity index (χ0n) is 15.0. The lowest BCUT2D eigenvalue weighted by atomic mass is 10.2. The van der Waals surface area contributed by atoms with E-state index in [9.17, 15) is 0 Å². The number of hydrogen-bond donors (Lipinski definition) is 2. The Hall–Kier alpha value is -1.21. The first-order chi connectivity index (χ1) is 12.7. The fraction of sp³-hybridized carbons (Fsp3) is 0.368. The number of methoxy groups -OCH3 is 1. The number of aliphatic hydroxyl groups is 1. The Kier molecular flexibility index (Phi) is 11.5. The Labute approximate surface area is 175 Å². The summed E-state index contributed by atoms with van der Waals surface area (Å²) in [6, 6.07) is 11.2. The fourth-order valence-corrected chi connectivity index (χ4v) is 2.80. The van der Waals surface area contributed by atoms with Crippen molar-refractivity contribution in [3.63, 3.8) is 0 Å². The van der Waals surface area contributed by atoms with Crippen LogP contribution >= 0.6 is 35.6 Å². The number of nitrogens with one attached hydrogen (secondary N) is 1. The molecule has 5 nitrogen and oxygen atoms in total. The largest absolute Gasteiger partial charge is 0.493 e. The molecular weight excluding hydrogens is 413 g/mol. The van der Waals surface area contributed by atoms with Crippen LogP contribution in [0, 0.1) is 0 Å². The van der Waals surface area contributed by atoms with Crippen LogP contribution in [-0.2, 0) is 17.9 Å². The minimum Gasteiger partial charge on any atom is -0.493 e. The first kappa shape index (κ1) is 23.8. The highest BCUT2D eigenvalue weighted by Crippen LogP contribution is 2.37. The van der Waals surface area contributed by atoms with Crippen LogP contribution in [-0.4, -0.2) is 38.6 Å². The highest BCUT2D eigenvalue weighted by Gasteiger charge is 2.13. The Morgan fingerprint density at radius 1 is 1.07 bits per heavy atom. The van der Waals surface area contributed by atoms with E-state index in [1.54, 1.807) is 7.11 Å². The summed E-state index contributed by atoms with van der Waals surface area (Å²) in [7, 11) is 1.58. The molecule has 0 fully saturated rings. The maximum absolute atomic E-state index is 8.65. The third-order valence-electron chi connectivity index (χ3n) is 3.61. The van der Waals surface area contributed by atoms with Crippen LogP contribution in [0.3, 0.4) is 0 Å². The van der Waals surface area contributed by atoms with Crippen molar-refractivity contribution in [1.29, 1.82) is 0 Å². The molecule has 0 saturated heterocycles. The number of ether oxygens (including phenoxy) is 3. The number of rotatable bonds is 11. The van der Waals surface area contributed by atoms with Crippen molar-refractivity contribution in [3.05, 3.63) is 57.6 Å². The van der Waals surface area contributed by atoms with E-state index < -0.39 is 0 Å². The van der Waals surface area contributed by atoms with E-state index in [1.165, 1.54) is 0 Å². The van der Waals surface area contributed by atoms with Gasteiger partial charge in [-0.1, -0.05) is 41.4 Å². The van der Waals surface area contributed by atoms with Gasteiger partial charge in [-0.2, -0.15) is 0 Å². The molecule has 27 heavy (non-hydrogen) atoms. The Balaban J connectivity index is 0.00000364. The van der Waals surface area contributed by atoms with Crippen molar-refractivity contribution in [3.8, 4) is 11.5 Å². The molecule has 8 heteroatoms. The van der Waals surface area contributed by atoms with Gasteiger partial charge in [0.05, 0.1) is 32.0 Å². The van der Waals surface area contributed by atoms with E-state index in [0.29, 0.717) is 54.5 Å². The van der Waals surface area contributed by atoms with E-state index in [0.717, 1.165) is 11.1 Å². The molecular formula is C19H24Cl3NO4. The molecule has 0 heterocycles. The first-order valence-corrected chi connectivity index (χ1v) is 9.03. The van der Waals surface area contributed by atoms with Gasteiger partial charge in [-0.15, -0.1) is 12.4 Å². The molecule has 2 rings (SSSR count). The quantitative estimate of drug-likeness (QED) is 0.519. The predicted molar refractivity (Wildman–Crippen MR) is 111 cm³/mol. The Morgan fingerprint density at radius 3 is 2.56 bits per heavy atom. The average Bonchev–Trinajstić information content (AvgIpc) is 2.64. The number of aliphatic hydroxyl groups excluding tert-OH is 1. The SMILES string of the molecule is COc1cc(CNCCOCCO)cc(Cl)c1OCc1ccccc1Cl.Cl. The number of hydrogen-bond acceptors (Lipinski definition) is 5. The minimum atomic E-state index is 0. The number of halogens is 3. The summed E-state index contributed by atoms with van der Waals surface area (Å²) in [5.74, 6) is 1.06. The van der Waals surface area contributed by atoms with Crippen molar-refractivity contribution in [2.75, 3.05) is 33.5 Å². The molecule has 150 valence electrons. The van der Waals surface area contributed by atoms with Crippen LogP contribution in [0.5, 0.6) is 11.5 Å². The van der Waals surface area contributed by atoms with Gasteiger partial charge in [-0.05, 0) is 23.8 Å². The summed E-state index contributed by atoms with van der Waals surface area (Å²) < 4.78 is 16.5. The topological polar surface area (TPSA) is 60.0 Å². The maximum Gasteiger partial charge on any atom is 0.180 e. The van der Waals surface area contributed by atoms with Crippen molar-refractivity contribution < 1.29 is 19.3 Å². The lowest BCUT2D eigenvalue weighted by Gasteiger charge is -2.15. The van der Waals surface area contributed by atoms with Gasteiger partial charge in [-0.25, -0.2) is 0 Å². The smallest absolute Gasteiger partial charge is 0.180 e. The summed E-state index contributed by atoms with van der Waals surface area (Å²) in [5.41, 5.74) is 1.85. The molecule has 0 spiro atoms. The van der Waals surface area contributed by atoms with Crippen LogP contribution in [0.4, 0.5) is 0 Å². The summed E-state index contributed by atoms with van der Waals surface area (Å²) in [5, 5.41) is 13.0. The standard InChI is InChI=1S/C19H23Cl2NO4.ClH/c1-24-18-11-14(12-22-6-8-25-9-7-23)10-17(21)19(18)26-13-15-4-2-3-5-16(15)20;/h2-5,10-11,22-23H,6-9,12-13H2,1H3;1H. The van der Waals surface area contributed by atoms with Gasteiger partial charge in [0.2, 0.25) is 0 Å². The third kappa shape index (κ3) is 7.74. The Morgan fingerprint density at radius 2 is 1.85 bits per heavy atom. The highest BCUT2D eigenvalue weighted by atomic mass is 35.5. The van der Waals surface area contributed by atoms with Crippen LogP contribution in [0.2, 0.25) is 10.0 Å². The van der Waals surface area contributed by atoms with Crippen molar-refractivity contribution >= 4 is 35.6 Å². The van der Waals surface area contributed by atoms with Gasteiger partial charge in [0, 0.05) is 23.7 Å². The molecule has 2 N–H and O–H groups in total. The molecule has 0 unspecified atom stereocenters. The molecule has 0 atom stereocenters. The molecule has 0 radical (unpaired) electrons. The molecule has 0 aromatic heterocycles. The van der Waals surface area contributed by atoms with E-state index in [1.807, 2.05) is 36.4 Å². The van der Waals surface area contributed by atoms with E-state index in [4.69, 9.17) is 42.5 Å². The lowest BCUT2D eigenvalue weighted by molar-refractivity contribution is 0.0938. The first-order valence-electron chi connectivity index (χ1n) is 8.27. The van der Waals surface area contributed by atoms with E-state index >= 15 is 0 Å². The molecule has 0 bridgehead atoms. The van der Waals surface area contributed by atoms with Crippen LogP contribution in [0.15, 0.2) is 36.4 Å². The Bertz CT molecular complexity index is 701. The second-order valence-corrected chi connectivity index (χ2v) is 6.32. The zero-order chi connectivity index (χ0) is 18.8. The van der Waals surface area contributed by atoms with E-state index in [-0.39, 0.29) is 19.0 Å². The molecule has 0 saturated carbocycles. The van der Waals surface area contributed by atoms with Gasteiger partial charge in [0.25, 0.3) is 0 Å². The van der Waals surface area contributed by atoms with Gasteiger partial charge in [-0.3, -0.25) is 0 Å². The van der Waals surface area contributed by atoms with Crippen LogP contribution in [0.1, 0.15) is 11.1 Å². The van der Waals surface area contributed by atoms with E-state index in [2.05, 4.69) is 5.32 Å². The van der Waals surface area contributed by atoms with Crippen molar-refractivity contribution in [1.82, 2.24) is 5.32 Å². The number of benzene rings is 2. The van der Waals surface area contributed by atoms with Gasteiger partial charge in [0.15, 0.2) is 11.5 Å². The lowest BCUT2D eigenvalue weighted by Crippen LogP contribution is -2.20. The summed E-state index contributed by atoms with van der Waals surface area (Å²) in [6.07, 6.45) is 0. The normalized spacial score (nSPS) is 10.4. The third-order valence-corrected chi connectivity index (χ3v) is 4.26. The monoisotopic (exact) mass is 435 g/mol. The molecule has 2 aromatic carbocycles. The maximum atomic E-state index is 8.65. The molecule has 0 aliphatic heterocycles. The summed E-state index contributed by atoms with van der Waals surface area (Å²) >= 11 is 12.5. The average molecular weight is 437 g/mol. The van der Waals surface area contributed by atoms with Crippen LogP contribution in [0.25, 0.3) is 0 Å². The second kappa shape index (κ2) is 13.0. The zero-order valence-corrected chi connectivity index (χ0v) is 17.4. The van der Waals surface area contributed by atoms with Crippen molar-refractivity contribution in [2.45, 2.75) is 13.2 Å². The van der Waals surface area contributed by atoms with Gasteiger partial charge in [0.1, 0.15) is 6.61 Å². The van der Waals surface area contributed by atoms with Crippen LogP contribution < -0.4 is 14.8 Å². The second-order valence-electron chi connectivity index (χ2n) is 5.50. The van der Waals surface area contributed by atoms with Gasteiger partial charge < -0.3 is 24.6 Å². The molecule has 0 amide bonds. The molecule has 0 aliphatic rings. The fourth-order valence-electron chi connectivity index (χ4n) is 2.32. The minimum absolute atomic E-state index is 0. The molecule has 0 aliphatic carbocycles. The van der Waals surface area contributed by atoms with Crippen molar-refractivity contribution in [2.24, 2.45) is 0 Å². The predicted octanol–water partition coefficient (Wildman–Crippen LogP) is 4.10.